The number of methoxy groups -OCH3 is 1. The fourth-order valence-electron chi connectivity index (χ4n) is 2.52. The van der Waals surface area contributed by atoms with Crippen molar-refractivity contribution in [1.29, 1.82) is 0 Å². The van der Waals surface area contributed by atoms with Gasteiger partial charge in [-0.1, -0.05) is 29.8 Å². The van der Waals surface area contributed by atoms with E-state index >= 15 is 0 Å². The molecule has 0 radical (unpaired) electrons. The summed E-state index contributed by atoms with van der Waals surface area (Å²) in [6.45, 7) is 0. The lowest BCUT2D eigenvalue weighted by atomic mass is 9.89. The third-order valence-electron chi connectivity index (χ3n) is 3.52. The molecule has 1 amide bonds. The minimum absolute atomic E-state index is 0.0192. The van der Waals surface area contributed by atoms with Gasteiger partial charge in [0.1, 0.15) is 5.75 Å². The van der Waals surface area contributed by atoms with Crippen molar-refractivity contribution in [3.8, 4) is 5.75 Å². The highest BCUT2D eigenvalue weighted by atomic mass is 35.5. The molecular weight excluding hydrogens is 274 g/mol. The van der Waals surface area contributed by atoms with Crippen molar-refractivity contribution in [3.63, 3.8) is 0 Å². The van der Waals surface area contributed by atoms with Crippen molar-refractivity contribution in [2.24, 2.45) is 0 Å². The minimum atomic E-state index is -0.130. The van der Waals surface area contributed by atoms with E-state index in [4.69, 9.17) is 16.3 Å². The molecule has 0 aliphatic carbocycles. The fourth-order valence-corrected chi connectivity index (χ4v) is 2.65. The molecule has 1 aliphatic rings. The summed E-state index contributed by atoms with van der Waals surface area (Å²) in [6, 6.07) is 13.3. The van der Waals surface area contributed by atoms with E-state index in [9.17, 15) is 4.79 Å². The van der Waals surface area contributed by atoms with E-state index in [1.807, 2.05) is 42.5 Å². The summed E-state index contributed by atoms with van der Waals surface area (Å²) in [6.07, 6.45) is 0.386. The molecule has 0 spiro atoms. The Labute approximate surface area is 122 Å². The first kappa shape index (κ1) is 13.0. The highest BCUT2D eigenvalue weighted by molar-refractivity contribution is 6.30. The van der Waals surface area contributed by atoms with Crippen LogP contribution in [0.3, 0.4) is 0 Å². The average Bonchev–Trinajstić information content (AvgIpc) is 2.46. The number of rotatable bonds is 2. The molecular formula is C16H14ClNO2. The average molecular weight is 288 g/mol. The van der Waals surface area contributed by atoms with Gasteiger partial charge in [0.15, 0.2) is 0 Å². The molecule has 0 fully saturated rings. The summed E-state index contributed by atoms with van der Waals surface area (Å²) < 4.78 is 5.22. The lowest BCUT2D eigenvalue weighted by molar-refractivity contribution is -0.121. The van der Waals surface area contributed by atoms with Gasteiger partial charge >= 0.3 is 0 Å². The summed E-state index contributed by atoms with van der Waals surface area (Å²) in [5.74, 6) is 0.791. The first-order chi connectivity index (χ1) is 9.67. The number of fused-ring (bicyclic) bond motifs is 1. The molecule has 1 unspecified atom stereocenters. The molecule has 0 saturated heterocycles. The first-order valence-electron chi connectivity index (χ1n) is 6.39. The number of halogens is 1. The van der Waals surface area contributed by atoms with Crippen molar-refractivity contribution in [2.75, 3.05) is 7.11 Å². The number of benzene rings is 2. The Bertz CT molecular complexity index is 652. The Hall–Kier alpha value is -2.00. The van der Waals surface area contributed by atoms with Crippen LogP contribution < -0.4 is 10.1 Å². The van der Waals surface area contributed by atoms with E-state index in [0.29, 0.717) is 11.4 Å². The number of carbonyl (C=O) groups excluding carboxylic acids is 1. The molecule has 2 aromatic rings. The smallest absolute Gasteiger partial charge is 0.225 e. The quantitative estimate of drug-likeness (QED) is 0.922. The molecule has 0 aromatic heterocycles. The maximum Gasteiger partial charge on any atom is 0.225 e. The van der Waals surface area contributed by atoms with Crippen LogP contribution in [0.1, 0.15) is 22.7 Å². The third kappa shape index (κ3) is 2.37. The predicted octanol–water partition coefficient (Wildman–Crippen LogP) is 3.11. The van der Waals surface area contributed by atoms with Crippen molar-refractivity contribution < 1.29 is 9.53 Å². The zero-order valence-electron chi connectivity index (χ0n) is 11.0. The monoisotopic (exact) mass is 287 g/mol. The van der Waals surface area contributed by atoms with E-state index in [0.717, 1.165) is 22.4 Å². The second kappa shape index (κ2) is 5.17. The highest BCUT2D eigenvalue weighted by Gasteiger charge is 2.25. The lowest BCUT2D eigenvalue weighted by Gasteiger charge is -2.27. The van der Waals surface area contributed by atoms with Crippen LogP contribution in [0.2, 0.25) is 5.02 Å². The van der Waals surface area contributed by atoms with Crippen LogP contribution in [0.25, 0.3) is 0 Å². The molecule has 3 nitrogen and oxygen atoms in total. The maximum absolute atomic E-state index is 11.9. The van der Waals surface area contributed by atoms with E-state index in [1.54, 1.807) is 7.11 Å². The summed E-state index contributed by atoms with van der Waals surface area (Å²) in [5.41, 5.74) is 3.13. The Morgan fingerprint density at radius 3 is 2.65 bits per heavy atom. The Kier molecular flexibility index (Phi) is 3.36. The molecule has 1 N–H and O–H groups in total. The SMILES string of the molecule is COc1ccc2c(c1)CC(=O)NC2c1ccc(Cl)cc1. The van der Waals surface area contributed by atoms with Crippen molar-refractivity contribution in [1.82, 2.24) is 5.32 Å². The molecule has 1 aliphatic heterocycles. The van der Waals surface area contributed by atoms with Crippen LogP contribution in [0.5, 0.6) is 5.75 Å². The fraction of sp³-hybridized carbons (Fsp3) is 0.188. The summed E-state index contributed by atoms with van der Waals surface area (Å²) in [4.78, 5) is 11.9. The Morgan fingerprint density at radius 2 is 1.95 bits per heavy atom. The second-order valence-corrected chi connectivity index (χ2v) is 5.23. The number of hydrogen-bond donors (Lipinski definition) is 1. The zero-order valence-corrected chi connectivity index (χ0v) is 11.8. The van der Waals surface area contributed by atoms with Gasteiger partial charge in [0.25, 0.3) is 0 Å². The number of amides is 1. The lowest BCUT2D eigenvalue weighted by Crippen LogP contribution is -2.35. The first-order valence-corrected chi connectivity index (χ1v) is 6.77. The number of carbonyl (C=O) groups is 1. The molecule has 0 saturated carbocycles. The van der Waals surface area contributed by atoms with Gasteiger partial charge in [-0.05, 0) is 41.0 Å². The molecule has 1 heterocycles. The number of ether oxygens (including phenoxy) is 1. The van der Waals surface area contributed by atoms with Crippen LogP contribution in [0.4, 0.5) is 0 Å². The van der Waals surface area contributed by atoms with Crippen LogP contribution in [-0.4, -0.2) is 13.0 Å². The molecule has 4 heteroatoms. The molecule has 1 atom stereocenters. The largest absolute Gasteiger partial charge is 0.497 e. The van der Waals surface area contributed by atoms with E-state index in [2.05, 4.69) is 5.32 Å². The van der Waals surface area contributed by atoms with Gasteiger partial charge in [0.05, 0.1) is 19.6 Å². The topological polar surface area (TPSA) is 38.3 Å². The molecule has 3 rings (SSSR count). The predicted molar refractivity (Wildman–Crippen MR) is 78.1 cm³/mol. The van der Waals surface area contributed by atoms with Gasteiger partial charge in [-0.2, -0.15) is 0 Å². The van der Waals surface area contributed by atoms with Gasteiger partial charge in [0.2, 0.25) is 5.91 Å². The minimum Gasteiger partial charge on any atom is -0.497 e. The van der Waals surface area contributed by atoms with Gasteiger partial charge < -0.3 is 10.1 Å². The van der Waals surface area contributed by atoms with E-state index < -0.39 is 0 Å². The standard InChI is InChI=1S/C16H14ClNO2/c1-20-13-6-7-14-11(8-13)9-15(19)18-16(14)10-2-4-12(17)5-3-10/h2-8,16H,9H2,1H3,(H,18,19). The van der Waals surface area contributed by atoms with Crippen molar-refractivity contribution in [3.05, 3.63) is 64.2 Å². The van der Waals surface area contributed by atoms with E-state index in [1.165, 1.54) is 0 Å². The van der Waals surface area contributed by atoms with Gasteiger partial charge in [-0.15, -0.1) is 0 Å². The summed E-state index contributed by atoms with van der Waals surface area (Å²) >= 11 is 5.92. The Morgan fingerprint density at radius 1 is 1.20 bits per heavy atom. The third-order valence-corrected chi connectivity index (χ3v) is 3.77. The van der Waals surface area contributed by atoms with E-state index in [-0.39, 0.29) is 11.9 Å². The zero-order chi connectivity index (χ0) is 14.1. The van der Waals surface area contributed by atoms with Crippen LogP contribution in [0, 0.1) is 0 Å². The maximum atomic E-state index is 11.9. The number of hydrogen-bond acceptors (Lipinski definition) is 2. The molecule has 0 bridgehead atoms. The van der Waals surface area contributed by atoms with Crippen molar-refractivity contribution >= 4 is 17.5 Å². The normalized spacial score (nSPS) is 17.3. The molecule has 102 valence electrons. The van der Waals surface area contributed by atoms with Crippen molar-refractivity contribution in [2.45, 2.75) is 12.5 Å². The number of nitrogens with one attached hydrogen (secondary N) is 1. The van der Waals surface area contributed by atoms with Gasteiger partial charge in [0, 0.05) is 5.02 Å². The second-order valence-electron chi connectivity index (χ2n) is 4.79. The van der Waals surface area contributed by atoms with Crippen LogP contribution in [-0.2, 0) is 11.2 Å². The Balaban J connectivity index is 2.05. The van der Waals surface area contributed by atoms with Gasteiger partial charge in [-0.25, -0.2) is 0 Å². The summed E-state index contributed by atoms with van der Waals surface area (Å²) in [7, 11) is 1.63. The van der Waals surface area contributed by atoms with Crippen LogP contribution >= 0.6 is 11.6 Å². The van der Waals surface area contributed by atoms with Crippen LogP contribution in [0.15, 0.2) is 42.5 Å². The highest BCUT2D eigenvalue weighted by Crippen LogP contribution is 2.31. The van der Waals surface area contributed by atoms with Gasteiger partial charge in [-0.3, -0.25) is 4.79 Å². The molecule has 2 aromatic carbocycles. The summed E-state index contributed by atoms with van der Waals surface area (Å²) in [5, 5.41) is 3.71. The molecule has 20 heavy (non-hydrogen) atoms.